The summed E-state index contributed by atoms with van der Waals surface area (Å²) in [6, 6.07) is 4.29. The molecule has 0 aromatic heterocycles. The minimum atomic E-state index is -4.38. The summed E-state index contributed by atoms with van der Waals surface area (Å²) >= 11 is 0. The van der Waals surface area contributed by atoms with Crippen molar-refractivity contribution in [3.05, 3.63) is 42.0 Å². The summed E-state index contributed by atoms with van der Waals surface area (Å²) < 4.78 is 36.9. The number of carbonyl (C=O) groups is 1. The number of hydroxylamine groups is 1. The summed E-state index contributed by atoms with van der Waals surface area (Å²) in [5.74, 6) is 0. The van der Waals surface area contributed by atoms with Gasteiger partial charge in [0.1, 0.15) is 0 Å². The van der Waals surface area contributed by atoms with E-state index in [1.54, 1.807) is 0 Å². The van der Waals surface area contributed by atoms with Gasteiger partial charge < -0.3 is 10.2 Å². The Balaban J connectivity index is 2.68. The number of alkyl halides is 3. The highest BCUT2D eigenvalue weighted by molar-refractivity contribution is 5.68. The van der Waals surface area contributed by atoms with Crippen LogP contribution in [0.4, 0.5) is 18.0 Å². The van der Waals surface area contributed by atoms with E-state index in [9.17, 15) is 18.0 Å². The summed E-state index contributed by atoms with van der Waals surface area (Å²) in [6.45, 7) is 3.53. The molecule has 0 heterocycles. The average Bonchev–Trinajstić information content (AvgIpc) is 2.34. The maximum Gasteiger partial charge on any atom is 0.431 e. The third-order valence-electron chi connectivity index (χ3n) is 2.03. The molecule has 0 aliphatic heterocycles. The summed E-state index contributed by atoms with van der Waals surface area (Å²) in [7, 11) is 1.37. The Morgan fingerprint density at radius 3 is 2.28 bits per heavy atom. The van der Waals surface area contributed by atoms with Crippen molar-refractivity contribution in [2.24, 2.45) is 0 Å². The number of carbonyl (C=O) groups excluding carboxylic acids is 1. The molecule has 1 aromatic carbocycles. The van der Waals surface area contributed by atoms with E-state index in [1.807, 2.05) is 0 Å². The number of hydrogen-bond acceptors (Lipinski definition) is 3. The fraction of sp³-hybridized carbons (Fsp3) is 0.182. The second kappa shape index (κ2) is 5.44. The van der Waals surface area contributed by atoms with Gasteiger partial charge in [-0.25, -0.2) is 10.3 Å². The molecule has 4 nitrogen and oxygen atoms in total. The molecule has 0 saturated heterocycles. The molecule has 0 aliphatic carbocycles. The standard InChI is InChI=1S/C11H11F3N2O2/c1-7(16-18-10(17)15-2)8-3-5-9(6-4-8)11(12,13)14/h3-6,16H,1H2,2H3,(H,15,17). The number of halogens is 3. The second-order valence-electron chi connectivity index (χ2n) is 3.30. The van der Waals surface area contributed by atoms with E-state index >= 15 is 0 Å². The summed E-state index contributed by atoms with van der Waals surface area (Å²) in [5, 5.41) is 2.19. The van der Waals surface area contributed by atoms with Crippen LogP contribution in [0.2, 0.25) is 0 Å². The van der Waals surface area contributed by atoms with Gasteiger partial charge in [0.25, 0.3) is 0 Å². The van der Waals surface area contributed by atoms with Crippen molar-refractivity contribution in [3.63, 3.8) is 0 Å². The lowest BCUT2D eigenvalue weighted by molar-refractivity contribution is -0.137. The number of benzene rings is 1. The molecule has 98 valence electrons. The van der Waals surface area contributed by atoms with E-state index in [4.69, 9.17) is 0 Å². The molecule has 0 unspecified atom stereocenters. The number of hydrogen-bond donors (Lipinski definition) is 2. The summed E-state index contributed by atoms with van der Waals surface area (Å²) in [6.07, 6.45) is -5.12. The van der Waals surface area contributed by atoms with E-state index in [1.165, 1.54) is 19.2 Å². The topological polar surface area (TPSA) is 50.4 Å². The zero-order chi connectivity index (χ0) is 13.8. The molecule has 0 atom stereocenters. The summed E-state index contributed by atoms with van der Waals surface area (Å²) in [4.78, 5) is 15.2. The fourth-order valence-corrected chi connectivity index (χ4v) is 1.08. The van der Waals surface area contributed by atoms with Gasteiger partial charge >= 0.3 is 12.3 Å². The lowest BCUT2D eigenvalue weighted by atomic mass is 10.1. The maximum atomic E-state index is 12.3. The molecule has 1 amide bonds. The molecule has 0 spiro atoms. The van der Waals surface area contributed by atoms with Gasteiger partial charge in [-0.3, -0.25) is 0 Å². The van der Waals surface area contributed by atoms with Crippen LogP contribution >= 0.6 is 0 Å². The third kappa shape index (κ3) is 3.69. The van der Waals surface area contributed by atoms with E-state index in [0.717, 1.165) is 12.1 Å². The first-order valence-electron chi connectivity index (χ1n) is 4.85. The predicted octanol–water partition coefficient (Wildman–Crippen LogP) is 2.54. The Morgan fingerprint density at radius 1 is 1.28 bits per heavy atom. The van der Waals surface area contributed by atoms with E-state index in [0.29, 0.717) is 5.56 Å². The van der Waals surface area contributed by atoms with Crippen LogP contribution in [0.3, 0.4) is 0 Å². The molecule has 1 aromatic rings. The number of rotatable bonds is 3. The Labute approximate surface area is 101 Å². The summed E-state index contributed by atoms with van der Waals surface area (Å²) in [5.41, 5.74) is 2.02. The van der Waals surface area contributed by atoms with Gasteiger partial charge in [0.2, 0.25) is 0 Å². The Bertz CT molecular complexity index is 441. The highest BCUT2D eigenvalue weighted by Crippen LogP contribution is 2.29. The monoisotopic (exact) mass is 260 g/mol. The zero-order valence-electron chi connectivity index (χ0n) is 9.47. The first-order chi connectivity index (χ1) is 8.34. The minimum absolute atomic E-state index is 0.173. The van der Waals surface area contributed by atoms with Crippen LogP contribution in [0.15, 0.2) is 30.8 Å². The second-order valence-corrected chi connectivity index (χ2v) is 3.30. The minimum Gasteiger partial charge on any atom is -0.324 e. The number of nitrogens with one attached hydrogen (secondary N) is 2. The normalized spacial score (nSPS) is 10.7. The molecule has 2 N–H and O–H groups in total. The Morgan fingerprint density at radius 2 is 1.83 bits per heavy atom. The molecule has 0 fully saturated rings. The van der Waals surface area contributed by atoms with Crippen molar-refractivity contribution in [1.29, 1.82) is 0 Å². The Hall–Kier alpha value is -2.18. The van der Waals surface area contributed by atoms with Gasteiger partial charge in [0, 0.05) is 12.6 Å². The van der Waals surface area contributed by atoms with Gasteiger partial charge in [-0.1, -0.05) is 18.7 Å². The lowest BCUT2D eigenvalue weighted by Gasteiger charge is -2.10. The molecule has 18 heavy (non-hydrogen) atoms. The van der Waals surface area contributed by atoms with Crippen molar-refractivity contribution >= 4 is 11.8 Å². The van der Waals surface area contributed by atoms with Crippen molar-refractivity contribution < 1.29 is 22.8 Å². The van der Waals surface area contributed by atoms with E-state index < -0.39 is 17.8 Å². The highest BCUT2D eigenvalue weighted by atomic mass is 19.4. The van der Waals surface area contributed by atoms with Crippen molar-refractivity contribution in [2.45, 2.75) is 6.18 Å². The fourth-order valence-electron chi connectivity index (χ4n) is 1.08. The number of amides is 1. The molecular weight excluding hydrogens is 249 g/mol. The third-order valence-corrected chi connectivity index (χ3v) is 2.03. The van der Waals surface area contributed by atoms with Gasteiger partial charge in [-0.2, -0.15) is 13.2 Å². The highest BCUT2D eigenvalue weighted by Gasteiger charge is 2.29. The van der Waals surface area contributed by atoms with Crippen LogP contribution in [-0.4, -0.2) is 13.1 Å². The SMILES string of the molecule is C=C(NOC(=O)NC)c1ccc(C(F)(F)F)cc1. The average molecular weight is 260 g/mol. The molecule has 1 rings (SSSR count). The first-order valence-corrected chi connectivity index (χ1v) is 4.85. The molecule has 0 bridgehead atoms. The van der Waals surface area contributed by atoms with Crippen LogP contribution in [-0.2, 0) is 11.0 Å². The molecule has 0 radical (unpaired) electrons. The maximum absolute atomic E-state index is 12.3. The molecular formula is C11H11F3N2O2. The van der Waals surface area contributed by atoms with E-state index in [-0.39, 0.29) is 5.70 Å². The quantitative estimate of drug-likeness (QED) is 0.821. The van der Waals surface area contributed by atoms with Gasteiger partial charge in [-0.15, -0.1) is 0 Å². The van der Waals surface area contributed by atoms with Gasteiger partial charge in [0.15, 0.2) is 0 Å². The van der Waals surface area contributed by atoms with Crippen LogP contribution in [0.25, 0.3) is 5.70 Å². The smallest absolute Gasteiger partial charge is 0.324 e. The van der Waals surface area contributed by atoms with E-state index in [2.05, 4.69) is 22.2 Å². The van der Waals surface area contributed by atoms with Crippen LogP contribution in [0.1, 0.15) is 11.1 Å². The Kier molecular flexibility index (Phi) is 4.19. The van der Waals surface area contributed by atoms with Gasteiger partial charge in [-0.05, 0) is 12.1 Å². The first kappa shape index (κ1) is 13.9. The largest absolute Gasteiger partial charge is 0.431 e. The van der Waals surface area contributed by atoms with Crippen LogP contribution in [0.5, 0.6) is 0 Å². The van der Waals surface area contributed by atoms with Gasteiger partial charge in [0.05, 0.1) is 11.3 Å². The predicted molar refractivity (Wildman–Crippen MR) is 59.2 cm³/mol. The molecule has 0 aliphatic rings. The molecule has 0 saturated carbocycles. The molecule has 7 heteroatoms. The van der Waals surface area contributed by atoms with Crippen molar-refractivity contribution in [1.82, 2.24) is 10.8 Å². The zero-order valence-corrected chi connectivity index (χ0v) is 9.47. The van der Waals surface area contributed by atoms with Crippen molar-refractivity contribution in [2.75, 3.05) is 7.05 Å². The van der Waals surface area contributed by atoms with Crippen LogP contribution in [0, 0.1) is 0 Å². The van der Waals surface area contributed by atoms with Crippen molar-refractivity contribution in [3.8, 4) is 0 Å². The van der Waals surface area contributed by atoms with Crippen LogP contribution < -0.4 is 10.8 Å². The lowest BCUT2D eigenvalue weighted by Crippen LogP contribution is -2.26.